The lowest BCUT2D eigenvalue weighted by molar-refractivity contribution is -0.116. The molecule has 0 bridgehead atoms. The summed E-state index contributed by atoms with van der Waals surface area (Å²) in [5, 5.41) is 0. The fourth-order valence-electron chi connectivity index (χ4n) is 3.35. The third-order valence-corrected chi connectivity index (χ3v) is 4.25. The van der Waals surface area contributed by atoms with Gasteiger partial charge < -0.3 is 4.90 Å². The molecule has 0 saturated heterocycles. The molecular formula is C15H19NO. The van der Waals surface area contributed by atoms with Crippen molar-refractivity contribution in [3.05, 3.63) is 28.3 Å². The third-order valence-electron chi connectivity index (χ3n) is 4.25. The number of anilines is 1. The summed E-state index contributed by atoms with van der Waals surface area (Å²) in [6.45, 7) is 1.66. The van der Waals surface area contributed by atoms with E-state index in [-0.39, 0.29) is 5.91 Å². The number of aryl methyl sites for hydroxylation is 2. The monoisotopic (exact) mass is 229 g/mol. The molecule has 0 aromatic heterocycles. The zero-order valence-corrected chi connectivity index (χ0v) is 10.7. The standard InChI is InChI=1S/C15H19NO/c1-10(17)16(2)15-13-7-3-5-11(13)9-12-6-4-8-14(12)15/h9H,3-8H2,1-2H3. The van der Waals surface area contributed by atoms with E-state index in [0.717, 1.165) is 12.8 Å². The lowest BCUT2D eigenvalue weighted by atomic mass is 9.98. The molecule has 0 heterocycles. The van der Waals surface area contributed by atoms with Crippen molar-refractivity contribution in [2.75, 3.05) is 11.9 Å². The van der Waals surface area contributed by atoms with Crippen LogP contribution in [0.3, 0.4) is 0 Å². The zero-order chi connectivity index (χ0) is 12.0. The van der Waals surface area contributed by atoms with Crippen LogP contribution in [0.15, 0.2) is 6.07 Å². The Morgan fingerprint density at radius 2 is 1.59 bits per heavy atom. The number of benzene rings is 1. The Morgan fingerprint density at radius 1 is 1.06 bits per heavy atom. The number of hydrogen-bond acceptors (Lipinski definition) is 1. The average Bonchev–Trinajstić information content (AvgIpc) is 2.91. The van der Waals surface area contributed by atoms with Gasteiger partial charge in [-0.15, -0.1) is 0 Å². The molecule has 90 valence electrons. The second kappa shape index (κ2) is 3.86. The summed E-state index contributed by atoms with van der Waals surface area (Å²) in [5.41, 5.74) is 7.13. The topological polar surface area (TPSA) is 20.3 Å². The minimum absolute atomic E-state index is 0.152. The molecule has 2 heteroatoms. The van der Waals surface area contributed by atoms with Crippen LogP contribution in [0.5, 0.6) is 0 Å². The number of rotatable bonds is 1. The average molecular weight is 229 g/mol. The second-order valence-corrected chi connectivity index (χ2v) is 5.29. The van der Waals surface area contributed by atoms with Crippen LogP contribution in [-0.2, 0) is 30.5 Å². The summed E-state index contributed by atoms with van der Waals surface area (Å²) < 4.78 is 0. The van der Waals surface area contributed by atoms with Gasteiger partial charge in [-0.05, 0) is 60.8 Å². The number of carbonyl (C=O) groups is 1. The molecule has 1 aromatic rings. The van der Waals surface area contributed by atoms with Gasteiger partial charge >= 0.3 is 0 Å². The molecule has 0 saturated carbocycles. The van der Waals surface area contributed by atoms with Gasteiger partial charge in [-0.25, -0.2) is 0 Å². The Hall–Kier alpha value is -1.31. The molecular weight excluding hydrogens is 210 g/mol. The summed E-state index contributed by atoms with van der Waals surface area (Å²) in [4.78, 5) is 13.5. The predicted octanol–water partition coefficient (Wildman–Crippen LogP) is 2.65. The number of hydrogen-bond donors (Lipinski definition) is 0. The summed E-state index contributed by atoms with van der Waals surface area (Å²) in [7, 11) is 1.93. The van der Waals surface area contributed by atoms with Gasteiger partial charge in [0.2, 0.25) is 5.91 Å². The molecule has 0 fully saturated rings. The largest absolute Gasteiger partial charge is 0.315 e. The van der Waals surface area contributed by atoms with Crippen LogP contribution in [-0.4, -0.2) is 13.0 Å². The van der Waals surface area contributed by atoms with E-state index in [2.05, 4.69) is 6.07 Å². The first-order valence-corrected chi connectivity index (χ1v) is 6.59. The van der Waals surface area contributed by atoms with Crippen LogP contribution >= 0.6 is 0 Å². The summed E-state index contributed by atoms with van der Waals surface area (Å²) in [6, 6.07) is 2.40. The molecule has 2 aliphatic rings. The van der Waals surface area contributed by atoms with E-state index >= 15 is 0 Å². The van der Waals surface area contributed by atoms with Gasteiger partial charge in [0.25, 0.3) is 0 Å². The molecule has 0 spiro atoms. The fourth-order valence-corrected chi connectivity index (χ4v) is 3.35. The van der Waals surface area contributed by atoms with E-state index in [9.17, 15) is 4.79 Å². The first-order valence-electron chi connectivity index (χ1n) is 6.59. The summed E-state index contributed by atoms with van der Waals surface area (Å²) in [6.07, 6.45) is 7.18. The van der Waals surface area contributed by atoms with Crippen molar-refractivity contribution < 1.29 is 4.79 Å². The molecule has 3 rings (SSSR count). The number of carbonyl (C=O) groups excluding carboxylic acids is 1. The quantitative estimate of drug-likeness (QED) is 0.725. The van der Waals surface area contributed by atoms with Crippen LogP contribution in [0.2, 0.25) is 0 Å². The zero-order valence-electron chi connectivity index (χ0n) is 10.7. The van der Waals surface area contributed by atoms with Crippen molar-refractivity contribution in [2.45, 2.75) is 45.4 Å². The third kappa shape index (κ3) is 1.58. The van der Waals surface area contributed by atoms with Crippen molar-refractivity contribution >= 4 is 11.6 Å². The van der Waals surface area contributed by atoms with Crippen molar-refractivity contribution in [3.63, 3.8) is 0 Å². The molecule has 2 nitrogen and oxygen atoms in total. The van der Waals surface area contributed by atoms with Crippen LogP contribution in [0.25, 0.3) is 0 Å². The number of amides is 1. The van der Waals surface area contributed by atoms with Gasteiger partial charge in [0.05, 0.1) is 5.69 Å². The molecule has 17 heavy (non-hydrogen) atoms. The Kier molecular flexibility index (Phi) is 2.46. The predicted molar refractivity (Wildman–Crippen MR) is 69.6 cm³/mol. The Balaban J connectivity index is 2.21. The van der Waals surface area contributed by atoms with Crippen molar-refractivity contribution in [1.29, 1.82) is 0 Å². The van der Waals surface area contributed by atoms with E-state index in [1.807, 2.05) is 11.9 Å². The van der Waals surface area contributed by atoms with Gasteiger partial charge in [-0.3, -0.25) is 4.79 Å². The first-order chi connectivity index (χ1) is 8.18. The molecule has 0 radical (unpaired) electrons. The Morgan fingerprint density at radius 3 is 2.06 bits per heavy atom. The van der Waals surface area contributed by atoms with Gasteiger partial charge in [-0.1, -0.05) is 6.07 Å². The first kappa shape index (κ1) is 10.8. The van der Waals surface area contributed by atoms with Gasteiger partial charge in [0.15, 0.2) is 0 Å². The molecule has 0 N–H and O–H groups in total. The Bertz CT molecular complexity index is 458. The lowest BCUT2D eigenvalue weighted by Gasteiger charge is -2.23. The highest BCUT2D eigenvalue weighted by atomic mass is 16.2. The summed E-state index contributed by atoms with van der Waals surface area (Å²) in [5.74, 6) is 0.152. The highest BCUT2D eigenvalue weighted by molar-refractivity contribution is 5.93. The molecule has 1 aromatic carbocycles. The van der Waals surface area contributed by atoms with Gasteiger partial charge in [0, 0.05) is 14.0 Å². The maximum atomic E-state index is 11.7. The summed E-state index contributed by atoms with van der Waals surface area (Å²) >= 11 is 0. The van der Waals surface area contributed by atoms with E-state index < -0.39 is 0 Å². The smallest absolute Gasteiger partial charge is 0.223 e. The Labute approximate surface area is 103 Å². The molecule has 0 unspecified atom stereocenters. The van der Waals surface area contributed by atoms with Crippen LogP contribution < -0.4 is 4.90 Å². The molecule has 0 aliphatic heterocycles. The van der Waals surface area contributed by atoms with Crippen LogP contribution in [0, 0.1) is 0 Å². The van der Waals surface area contributed by atoms with Gasteiger partial charge in [-0.2, -0.15) is 0 Å². The number of fused-ring (bicyclic) bond motifs is 2. The number of nitrogens with zero attached hydrogens (tertiary/aromatic N) is 1. The lowest BCUT2D eigenvalue weighted by Crippen LogP contribution is -2.25. The highest BCUT2D eigenvalue weighted by Crippen LogP contribution is 2.40. The van der Waals surface area contributed by atoms with E-state index in [1.54, 1.807) is 6.92 Å². The molecule has 0 atom stereocenters. The van der Waals surface area contributed by atoms with Crippen molar-refractivity contribution in [1.82, 2.24) is 0 Å². The second-order valence-electron chi connectivity index (χ2n) is 5.29. The molecule has 2 aliphatic carbocycles. The highest BCUT2D eigenvalue weighted by Gasteiger charge is 2.26. The fraction of sp³-hybridized carbons (Fsp3) is 0.533. The SMILES string of the molecule is CC(=O)N(C)c1c2c(cc3c1CCC3)CCC2. The maximum Gasteiger partial charge on any atom is 0.223 e. The minimum Gasteiger partial charge on any atom is -0.315 e. The molecule has 1 amide bonds. The van der Waals surface area contributed by atoms with Crippen LogP contribution in [0.4, 0.5) is 5.69 Å². The van der Waals surface area contributed by atoms with E-state index in [4.69, 9.17) is 0 Å². The van der Waals surface area contributed by atoms with Crippen molar-refractivity contribution in [2.24, 2.45) is 0 Å². The van der Waals surface area contributed by atoms with Crippen molar-refractivity contribution in [3.8, 4) is 0 Å². The maximum absolute atomic E-state index is 11.7. The van der Waals surface area contributed by atoms with E-state index in [0.29, 0.717) is 0 Å². The minimum atomic E-state index is 0.152. The van der Waals surface area contributed by atoms with Gasteiger partial charge in [0.1, 0.15) is 0 Å². The van der Waals surface area contributed by atoms with Crippen LogP contribution in [0.1, 0.15) is 42.0 Å². The normalized spacial score (nSPS) is 16.8. The van der Waals surface area contributed by atoms with E-state index in [1.165, 1.54) is 53.6 Å².